The van der Waals surface area contributed by atoms with E-state index in [0.29, 0.717) is 49.1 Å². The van der Waals surface area contributed by atoms with Crippen LogP contribution in [-0.2, 0) is 0 Å². The fourth-order valence-electron chi connectivity index (χ4n) is 3.99. The van der Waals surface area contributed by atoms with Crippen LogP contribution in [0.3, 0.4) is 0 Å². The highest BCUT2D eigenvalue weighted by Gasteiger charge is 2.23. The molecule has 0 bridgehead atoms. The lowest BCUT2D eigenvalue weighted by molar-refractivity contribution is 0.208. The first kappa shape index (κ1) is 23.2. The van der Waals surface area contributed by atoms with E-state index in [-0.39, 0.29) is 6.03 Å². The molecule has 9 heteroatoms. The Kier molecular flexibility index (Phi) is 7.01. The Labute approximate surface area is 199 Å². The number of rotatable bonds is 6. The second kappa shape index (κ2) is 10.3. The third kappa shape index (κ3) is 4.83. The van der Waals surface area contributed by atoms with Gasteiger partial charge in [0.2, 0.25) is 5.75 Å². The summed E-state index contributed by atoms with van der Waals surface area (Å²) in [6.07, 6.45) is 0. The normalized spacial score (nSPS) is 13.4. The van der Waals surface area contributed by atoms with Crippen LogP contribution in [0.1, 0.15) is 5.56 Å². The fourth-order valence-corrected chi connectivity index (χ4v) is 3.99. The molecule has 0 spiro atoms. The first-order valence-electron chi connectivity index (χ1n) is 11.0. The zero-order valence-electron chi connectivity index (χ0n) is 19.9. The Balaban J connectivity index is 1.37. The van der Waals surface area contributed by atoms with Crippen molar-refractivity contribution in [3.05, 3.63) is 54.1 Å². The number of hydrogen-bond donors (Lipinski definition) is 1. The fraction of sp³-hybridized carbons (Fsp3) is 0.320. The molecule has 2 heterocycles. The van der Waals surface area contributed by atoms with Gasteiger partial charge in [-0.15, -0.1) is 10.2 Å². The lowest BCUT2D eigenvalue weighted by Gasteiger charge is -2.35. The maximum Gasteiger partial charge on any atom is 0.321 e. The molecule has 1 aliphatic rings. The van der Waals surface area contributed by atoms with E-state index in [1.807, 2.05) is 30.3 Å². The van der Waals surface area contributed by atoms with Crippen molar-refractivity contribution in [2.75, 3.05) is 57.7 Å². The molecule has 1 aromatic heterocycles. The van der Waals surface area contributed by atoms with E-state index in [1.54, 1.807) is 38.4 Å². The lowest BCUT2D eigenvalue weighted by atomic mass is 10.1. The summed E-state index contributed by atoms with van der Waals surface area (Å²) >= 11 is 0. The highest BCUT2D eigenvalue weighted by Crippen LogP contribution is 2.40. The van der Waals surface area contributed by atoms with Crippen LogP contribution >= 0.6 is 0 Å². The molecule has 1 aliphatic heterocycles. The Morgan fingerprint density at radius 3 is 2.12 bits per heavy atom. The standard InChI is InChI=1S/C25H29N5O4/c1-17-7-5-6-8-19(17)20-9-10-23(28-27-20)29-11-13-30(14-12-29)25(31)26-18-15-21(32-2)24(34-4)22(16-18)33-3/h5-10,15-16H,11-14H2,1-4H3,(H,26,31). The third-order valence-corrected chi connectivity index (χ3v) is 5.88. The molecule has 34 heavy (non-hydrogen) atoms. The molecule has 2 aromatic carbocycles. The second-order valence-electron chi connectivity index (χ2n) is 7.91. The number of nitrogens with zero attached hydrogens (tertiary/aromatic N) is 4. The Hall–Kier alpha value is -4.01. The van der Waals surface area contributed by atoms with Gasteiger partial charge in [0.15, 0.2) is 17.3 Å². The number of ether oxygens (including phenoxy) is 3. The largest absolute Gasteiger partial charge is 0.493 e. The molecule has 1 fully saturated rings. The molecule has 0 atom stereocenters. The number of piperazine rings is 1. The molecule has 178 valence electrons. The van der Waals surface area contributed by atoms with Gasteiger partial charge in [-0.1, -0.05) is 24.3 Å². The number of benzene rings is 2. The molecule has 0 aliphatic carbocycles. The highest BCUT2D eigenvalue weighted by atomic mass is 16.5. The van der Waals surface area contributed by atoms with Gasteiger partial charge in [0.1, 0.15) is 0 Å². The number of aryl methyl sites for hydroxylation is 1. The van der Waals surface area contributed by atoms with Crippen molar-refractivity contribution in [3.8, 4) is 28.5 Å². The van der Waals surface area contributed by atoms with Crippen LogP contribution in [0.5, 0.6) is 17.2 Å². The molecular formula is C25H29N5O4. The van der Waals surface area contributed by atoms with Crippen LogP contribution in [0, 0.1) is 6.92 Å². The number of hydrogen-bond acceptors (Lipinski definition) is 7. The minimum absolute atomic E-state index is 0.185. The van der Waals surface area contributed by atoms with E-state index >= 15 is 0 Å². The summed E-state index contributed by atoms with van der Waals surface area (Å²) in [7, 11) is 4.62. The van der Waals surface area contributed by atoms with Gasteiger partial charge in [0, 0.05) is 43.9 Å². The quantitative estimate of drug-likeness (QED) is 0.594. The summed E-state index contributed by atoms with van der Waals surface area (Å²) < 4.78 is 16.1. The predicted molar refractivity (Wildman–Crippen MR) is 131 cm³/mol. The van der Waals surface area contributed by atoms with Crippen molar-refractivity contribution < 1.29 is 19.0 Å². The molecule has 4 rings (SSSR count). The SMILES string of the molecule is COc1cc(NC(=O)N2CCN(c3ccc(-c4ccccc4C)nn3)CC2)cc(OC)c1OC. The molecular weight excluding hydrogens is 434 g/mol. The van der Waals surface area contributed by atoms with E-state index in [4.69, 9.17) is 14.2 Å². The zero-order chi connectivity index (χ0) is 24.1. The molecule has 1 N–H and O–H groups in total. The summed E-state index contributed by atoms with van der Waals surface area (Å²) in [5.41, 5.74) is 3.66. The molecule has 0 unspecified atom stereocenters. The summed E-state index contributed by atoms with van der Waals surface area (Å²) in [6, 6.07) is 15.3. The Morgan fingerprint density at radius 2 is 1.56 bits per heavy atom. The maximum absolute atomic E-state index is 12.9. The van der Waals surface area contributed by atoms with Crippen molar-refractivity contribution >= 4 is 17.5 Å². The van der Waals surface area contributed by atoms with Crippen molar-refractivity contribution in [3.63, 3.8) is 0 Å². The van der Waals surface area contributed by atoms with Gasteiger partial charge in [-0.2, -0.15) is 0 Å². The van der Waals surface area contributed by atoms with Gasteiger partial charge in [0.05, 0.1) is 32.7 Å². The lowest BCUT2D eigenvalue weighted by Crippen LogP contribution is -2.50. The molecule has 3 aromatic rings. The van der Waals surface area contributed by atoms with Gasteiger partial charge in [-0.3, -0.25) is 0 Å². The van der Waals surface area contributed by atoms with Crippen molar-refractivity contribution in [2.45, 2.75) is 6.92 Å². The number of aromatic nitrogens is 2. The minimum Gasteiger partial charge on any atom is -0.493 e. The van der Waals surface area contributed by atoms with Gasteiger partial charge in [-0.25, -0.2) is 4.79 Å². The van der Waals surface area contributed by atoms with E-state index in [0.717, 1.165) is 22.6 Å². The van der Waals surface area contributed by atoms with E-state index in [2.05, 4.69) is 33.4 Å². The van der Waals surface area contributed by atoms with Gasteiger partial charge < -0.3 is 29.3 Å². The van der Waals surface area contributed by atoms with E-state index in [1.165, 1.54) is 0 Å². The number of nitrogens with one attached hydrogen (secondary N) is 1. The van der Waals surface area contributed by atoms with E-state index < -0.39 is 0 Å². The van der Waals surface area contributed by atoms with Gasteiger partial charge in [0.25, 0.3) is 0 Å². The number of carbonyl (C=O) groups is 1. The minimum atomic E-state index is -0.185. The maximum atomic E-state index is 12.9. The van der Waals surface area contributed by atoms with Crippen molar-refractivity contribution in [2.24, 2.45) is 0 Å². The molecule has 0 radical (unpaired) electrons. The summed E-state index contributed by atoms with van der Waals surface area (Å²) in [6.45, 7) is 4.53. The first-order valence-corrected chi connectivity index (χ1v) is 11.0. The van der Waals surface area contributed by atoms with Crippen LogP contribution < -0.4 is 24.4 Å². The first-order chi connectivity index (χ1) is 16.5. The Bertz CT molecular complexity index is 1120. The van der Waals surface area contributed by atoms with Crippen LogP contribution in [0.25, 0.3) is 11.3 Å². The van der Waals surface area contributed by atoms with Gasteiger partial charge in [-0.05, 0) is 24.6 Å². The zero-order valence-corrected chi connectivity index (χ0v) is 19.9. The predicted octanol–water partition coefficient (Wildman–Crippen LogP) is 3.83. The smallest absolute Gasteiger partial charge is 0.321 e. The Morgan fingerprint density at radius 1 is 0.882 bits per heavy atom. The molecule has 9 nitrogen and oxygen atoms in total. The number of anilines is 2. The number of amides is 2. The summed E-state index contributed by atoms with van der Waals surface area (Å²) in [5.74, 6) is 2.25. The average Bonchev–Trinajstić information content (AvgIpc) is 2.88. The molecule has 2 amide bonds. The number of urea groups is 1. The van der Waals surface area contributed by atoms with Crippen LogP contribution in [0.2, 0.25) is 0 Å². The average molecular weight is 464 g/mol. The van der Waals surface area contributed by atoms with Crippen LogP contribution in [0.15, 0.2) is 48.5 Å². The topological polar surface area (TPSA) is 89.1 Å². The monoisotopic (exact) mass is 463 g/mol. The van der Waals surface area contributed by atoms with Crippen LogP contribution in [0.4, 0.5) is 16.3 Å². The van der Waals surface area contributed by atoms with Crippen molar-refractivity contribution in [1.82, 2.24) is 15.1 Å². The number of methoxy groups -OCH3 is 3. The van der Waals surface area contributed by atoms with Gasteiger partial charge >= 0.3 is 6.03 Å². The second-order valence-corrected chi connectivity index (χ2v) is 7.91. The van der Waals surface area contributed by atoms with Crippen LogP contribution in [-0.4, -0.2) is 68.6 Å². The summed E-state index contributed by atoms with van der Waals surface area (Å²) in [5, 5.41) is 11.8. The van der Waals surface area contributed by atoms with Crippen molar-refractivity contribution in [1.29, 1.82) is 0 Å². The number of carbonyl (C=O) groups excluding carboxylic acids is 1. The summed E-state index contributed by atoms with van der Waals surface area (Å²) in [4.78, 5) is 16.8. The molecule has 0 saturated carbocycles. The molecule has 1 saturated heterocycles. The van der Waals surface area contributed by atoms with E-state index in [9.17, 15) is 4.79 Å². The third-order valence-electron chi connectivity index (χ3n) is 5.88. The highest BCUT2D eigenvalue weighted by molar-refractivity contribution is 5.90.